The fourth-order valence-corrected chi connectivity index (χ4v) is 3.51. The maximum absolute atomic E-state index is 4.80. The van der Waals surface area contributed by atoms with Crippen LogP contribution in [0.4, 0.5) is 0 Å². The van der Waals surface area contributed by atoms with Gasteiger partial charge in [-0.2, -0.15) is 0 Å². The first-order chi connectivity index (χ1) is 11.3. The molecule has 4 heterocycles. The molecule has 0 aliphatic carbocycles. The van der Waals surface area contributed by atoms with Crippen molar-refractivity contribution < 1.29 is 0 Å². The number of imidazole rings is 1. The molecule has 0 unspecified atom stereocenters. The number of aryl methyl sites for hydroxylation is 1. The van der Waals surface area contributed by atoms with Crippen LogP contribution >= 0.6 is 0 Å². The molecule has 0 spiro atoms. The molecule has 3 aromatic rings. The highest BCUT2D eigenvalue weighted by molar-refractivity contribution is 5.42. The fourth-order valence-electron chi connectivity index (χ4n) is 3.51. The average Bonchev–Trinajstić information content (AvgIpc) is 2.97. The van der Waals surface area contributed by atoms with Crippen molar-refractivity contribution in [2.45, 2.75) is 38.8 Å². The number of hydrogen-bond acceptors (Lipinski definition) is 3. The van der Waals surface area contributed by atoms with E-state index in [9.17, 15) is 0 Å². The minimum Gasteiger partial charge on any atom is -0.307 e. The molecular formula is C19H22N4. The van der Waals surface area contributed by atoms with Gasteiger partial charge in [0, 0.05) is 25.1 Å². The summed E-state index contributed by atoms with van der Waals surface area (Å²) in [7, 11) is 0. The number of pyridine rings is 2. The quantitative estimate of drug-likeness (QED) is 0.738. The van der Waals surface area contributed by atoms with Crippen LogP contribution in [0.15, 0.2) is 48.9 Å². The molecule has 1 saturated heterocycles. The fraction of sp³-hybridized carbons (Fsp3) is 0.368. The maximum Gasteiger partial charge on any atom is 0.137 e. The number of aromatic nitrogens is 3. The van der Waals surface area contributed by atoms with Crippen molar-refractivity contribution in [1.29, 1.82) is 0 Å². The molecule has 0 amide bonds. The molecule has 23 heavy (non-hydrogen) atoms. The van der Waals surface area contributed by atoms with Crippen LogP contribution in [0.2, 0.25) is 0 Å². The van der Waals surface area contributed by atoms with Crippen LogP contribution in [0.25, 0.3) is 5.65 Å². The summed E-state index contributed by atoms with van der Waals surface area (Å²) in [6.07, 6.45) is 9.86. The van der Waals surface area contributed by atoms with Gasteiger partial charge in [-0.1, -0.05) is 12.5 Å². The van der Waals surface area contributed by atoms with Gasteiger partial charge >= 0.3 is 0 Å². The first kappa shape index (κ1) is 14.4. The molecule has 1 aliphatic rings. The third kappa shape index (κ3) is 2.99. The summed E-state index contributed by atoms with van der Waals surface area (Å²) < 4.78 is 2.11. The van der Waals surface area contributed by atoms with Crippen LogP contribution < -0.4 is 0 Å². The van der Waals surface area contributed by atoms with Gasteiger partial charge in [0.1, 0.15) is 5.65 Å². The average molecular weight is 306 g/mol. The van der Waals surface area contributed by atoms with Gasteiger partial charge in [-0.15, -0.1) is 0 Å². The maximum atomic E-state index is 4.80. The lowest BCUT2D eigenvalue weighted by atomic mass is 9.98. The van der Waals surface area contributed by atoms with Crippen molar-refractivity contribution in [1.82, 2.24) is 19.3 Å². The van der Waals surface area contributed by atoms with E-state index in [1.54, 1.807) is 0 Å². The van der Waals surface area contributed by atoms with E-state index in [1.807, 2.05) is 12.3 Å². The van der Waals surface area contributed by atoms with Crippen LogP contribution in [-0.2, 0) is 6.54 Å². The molecule has 3 aromatic heterocycles. The molecular weight excluding hydrogens is 284 g/mol. The Morgan fingerprint density at radius 1 is 1.22 bits per heavy atom. The first-order valence-corrected chi connectivity index (χ1v) is 8.39. The highest BCUT2D eigenvalue weighted by Gasteiger charge is 2.25. The lowest BCUT2D eigenvalue weighted by molar-refractivity contribution is 0.136. The van der Waals surface area contributed by atoms with E-state index < -0.39 is 0 Å². The molecule has 1 atom stereocenters. The monoisotopic (exact) mass is 306 g/mol. The molecule has 1 fully saturated rings. The summed E-state index contributed by atoms with van der Waals surface area (Å²) in [6, 6.07) is 10.9. The molecule has 118 valence electrons. The summed E-state index contributed by atoms with van der Waals surface area (Å²) in [5.74, 6) is 0. The molecule has 4 nitrogen and oxygen atoms in total. The van der Waals surface area contributed by atoms with Crippen LogP contribution in [0, 0.1) is 6.92 Å². The number of piperidine rings is 1. The van der Waals surface area contributed by atoms with Crippen LogP contribution in [0.3, 0.4) is 0 Å². The summed E-state index contributed by atoms with van der Waals surface area (Å²) in [4.78, 5) is 11.9. The second-order valence-corrected chi connectivity index (χ2v) is 6.44. The van der Waals surface area contributed by atoms with Crippen molar-refractivity contribution in [3.05, 3.63) is 65.9 Å². The number of rotatable bonds is 3. The number of nitrogens with zero attached hydrogens (tertiary/aromatic N) is 4. The van der Waals surface area contributed by atoms with Crippen molar-refractivity contribution in [2.75, 3.05) is 6.54 Å². The predicted molar refractivity (Wildman–Crippen MR) is 91.2 cm³/mol. The molecule has 0 bridgehead atoms. The normalized spacial score (nSPS) is 19.3. The summed E-state index contributed by atoms with van der Waals surface area (Å²) in [5.41, 5.74) is 4.61. The zero-order valence-corrected chi connectivity index (χ0v) is 13.5. The molecule has 1 aliphatic heterocycles. The highest BCUT2D eigenvalue weighted by atomic mass is 15.2. The molecule has 0 aromatic carbocycles. The molecule has 0 N–H and O–H groups in total. The summed E-state index contributed by atoms with van der Waals surface area (Å²) in [6.45, 7) is 4.12. The van der Waals surface area contributed by atoms with Crippen LogP contribution in [0.1, 0.15) is 42.3 Å². The molecule has 0 saturated carbocycles. The van der Waals surface area contributed by atoms with Gasteiger partial charge in [0.2, 0.25) is 0 Å². The van der Waals surface area contributed by atoms with E-state index in [1.165, 1.54) is 30.5 Å². The Kier molecular flexibility index (Phi) is 3.83. The molecule has 4 rings (SSSR count). The van der Waals surface area contributed by atoms with E-state index >= 15 is 0 Å². The zero-order valence-electron chi connectivity index (χ0n) is 13.5. The van der Waals surface area contributed by atoms with Gasteiger partial charge in [-0.05, 0) is 56.1 Å². The Balaban J connectivity index is 1.59. The largest absolute Gasteiger partial charge is 0.307 e. The van der Waals surface area contributed by atoms with E-state index in [2.05, 4.69) is 57.9 Å². The lowest BCUT2D eigenvalue weighted by Gasteiger charge is -2.34. The van der Waals surface area contributed by atoms with Gasteiger partial charge in [0.15, 0.2) is 0 Å². The minimum atomic E-state index is 0.413. The van der Waals surface area contributed by atoms with Crippen molar-refractivity contribution in [2.24, 2.45) is 0 Å². The Morgan fingerprint density at radius 3 is 3.04 bits per heavy atom. The zero-order chi connectivity index (χ0) is 15.6. The number of hydrogen-bond donors (Lipinski definition) is 0. The second kappa shape index (κ2) is 6.13. The number of fused-ring (bicyclic) bond motifs is 1. The summed E-state index contributed by atoms with van der Waals surface area (Å²) in [5, 5.41) is 0. The lowest BCUT2D eigenvalue weighted by Crippen LogP contribution is -2.33. The smallest absolute Gasteiger partial charge is 0.137 e. The van der Waals surface area contributed by atoms with E-state index in [0.717, 1.165) is 24.4 Å². The summed E-state index contributed by atoms with van der Waals surface area (Å²) >= 11 is 0. The highest BCUT2D eigenvalue weighted by Crippen LogP contribution is 2.30. The SMILES string of the molecule is Cc1ccn2cc(CN3CCCC[C@H]3c3ccccn3)nc2c1. The number of likely N-dealkylation sites (tertiary alicyclic amines) is 1. The van der Waals surface area contributed by atoms with E-state index in [0.29, 0.717) is 6.04 Å². The third-order valence-electron chi connectivity index (χ3n) is 4.67. The molecule has 0 radical (unpaired) electrons. The topological polar surface area (TPSA) is 33.4 Å². The van der Waals surface area contributed by atoms with E-state index in [-0.39, 0.29) is 0 Å². The van der Waals surface area contributed by atoms with Gasteiger partial charge in [-0.25, -0.2) is 4.98 Å². The van der Waals surface area contributed by atoms with Crippen molar-refractivity contribution in [3.63, 3.8) is 0 Å². The predicted octanol–water partition coefficient (Wildman–Crippen LogP) is 3.76. The standard InChI is InChI=1S/C19H22N4/c1-15-8-11-23-14-16(21-19(23)12-15)13-22-10-5-3-7-18(22)17-6-2-4-9-20-17/h2,4,6,8-9,11-12,14,18H,3,5,7,10,13H2,1H3/t18-/m0/s1. The molecule has 4 heteroatoms. The van der Waals surface area contributed by atoms with Gasteiger partial charge in [0.05, 0.1) is 17.4 Å². The second-order valence-electron chi connectivity index (χ2n) is 6.44. The third-order valence-corrected chi connectivity index (χ3v) is 4.67. The van der Waals surface area contributed by atoms with Crippen molar-refractivity contribution in [3.8, 4) is 0 Å². The first-order valence-electron chi connectivity index (χ1n) is 8.39. The van der Waals surface area contributed by atoms with Gasteiger partial charge in [0.25, 0.3) is 0 Å². The van der Waals surface area contributed by atoms with Gasteiger partial charge in [-0.3, -0.25) is 9.88 Å². The van der Waals surface area contributed by atoms with Crippen LogP contribution in [-0.4, -0.2) is 25.8 Å². The Bertz CT molecular complexity index is 793. The Labute approximate surface area is 136 Å². The minimum absolute atomic E-state index is 0.413. The van der Waals surface area contributed by atoms with Gasteiger partial charge < -0.3 is 4.40 Å². The van der Waals surface area contributed by atoms with Crippen LogP contribution in [0.5, 0.6) is 0 Å². The Hall–Kier alpha value is -2.20. The van der Waals surface area contributed by atoms with Crippen molar-refractivity contribution >= 4 is 5.65 Å². The Morgan fingerprint density at radius 2 is 2.17 bits per heavy atom. The van der Waals surface area contributed by atoms with E-state index in [4.69, 9.17) is 4.98 Å².